The van der Waals surface area contributed by atoms with Crippen LogP contribution in [0.4, 0.5) is 0 Å². The lowest BCUT2D eigenvalue weighted by Gasteiger charge is -2.18. The molecule has 1 rings (SSSR count). The first kappa shape index (κ1) is 15.6. The second-order valence-corrected chi connectivity index (χ2v) is 6.74. The van der Waals surface area contributed by atoms with Gasteiger partial charge in [0.2, 0.25) is 0 Å². The molecule has 1 aromatic rings. The van der Waals surface area contributed by atoms with Crippen LogP contribution in [0.15, 0.2) is 16.8 Å². The summed E-state index contributed by atoms with van der Waals surface area (Å²) >= 11 is 1.47. The van der Waals surface area contributed by atoms with Gasteiger partial charge in [-0.1, -0.05) is 13.3 Å². The van der Waals surface area contributed by atoms with Crippen LogP contribution in [0.2, 0.25) is 0 Å². The van der Waals surface area contributed by atoms with E-state index in [2.05, 4.69) is 4.72 Å². The molecule has 5 nitrogen and oxygen atoms in total. The molecule has 0 saturated heterocycles. The van der Waals surface area contributed by atoms with Gasteiger partial charge < -0.3 is 5.11 Å². The quantitative estimate of drug-likeness (QED) is 0.760. The molecule has 0 bridgehead atoms. The van der Waals surface area contributed by atoms with Crippen LogP contribution in [-0.2, 0) is 10.2 Å². The second-order valence-electron chi connectivity index (χ2n) is 4.10. The van der Waals surface area contributed by atoms with Crippen molar-refractivity contribution in [1.82, 2.24) is 9.03 Å². The zero-order chi connectivity index (χ0) is 13.6. The van der Waals surface area contributed by atoms with Gasteiger partial charge in [0.15, 0.2) is 0 Å². The Balaban J connectivity index is 2.46. The number of rotatable bonds is 8. The van der Waals surface area contributed by atoms with Gasteiger partial charge in [0.05, 0.1) is 6.10 Å². The molecule has 104 valence electrons. The fourth-order valence-corrected chi connectivity index (χ4v) is 3.04. The molecule has 1 atom stereocenters. The maximum atomic E-state index is 11.8. The van der Waals surface area contributed by atoms with Gasteiger partial charge >= 0.3 is 0 Å². The molecule has 18 heavy (non-hydrogen) atoms. The van der Waals surface area contributed by atoms with Crippen molar-refractivity contribution in [3.05, 3.63) is 22.4 Å². The summed E-state index contributed by atoms with van der Waals surface area (Å²) in [6.45, 7) is 2.49. The summed E-state index contributed by atoms with van der Waals surface area (Å²) in [6, 6.07) is 1.78. The summed E-state index contributed by atoms with van der Waals surface area (Å²) in [7, 11) is -1.96. The lowest BCUT2D eigenvalue weighted by Crippen LogP contribution is -2.40. The molecule has 0 radical (unpaired) electrons. The third-order valence-electron chi connectivity index (χ3n) is 2.62. The first-order chi connectivity index (χ1) is 8.47. The molecule has 0 spiro atoms. The van der Waals surface area contributed by atoms with Crippen molar-refractivity contribution >= 4 is 21.5 Å². The van der Waals surface area contributed by atoms with E-state index in [0.717, 1.165) is 18.4 Å². The average molecular weight is 292 g/mol. The Bertz CT molecular complexity index is 431. The molecule has 7 heteroatoms. The van der Waals surface area contributed by atoms with E-state index in [1.807, 2.05) is 12.3 Å². The Morgan fingerprint density at radius 1 is 1.56 bits per heavy atom. The predicted molar refractivity (Wildman–Crippen MR) is 73.7 cm³/mol. The molecule has 1 aromatic heterocycles. The van der Waals surface area contributed by atoms with E-state index in [-0.39, 0.29) is 6.54 Å². The third kappa shape index (κ3) is 4.66. The second kappa shape index (κ2) is 7.20. The zero-order valence-corrected chi connectivity index (χ0v) is 12.3. The summed E-state index contributed by atoms with van der Waals surface area (Å²) in [5.41, 5.74) is 0.735. The summed E-state index contributed by atoms with van der Waals surface area (Å²) in [5.74, 6) is 0. The molecule has 0 saturated carbocycles. The van der Waals surface area contributed by atoms with Gasteiger partial charge in [0.1, 0.15) is 0 Å². The zero-order valence-electron chi connectivity index (χ0n) is 10.7. The standard InChI is InChI=1S/C11H20N2O3S2/c1-3-4-6-13(2)18(15,16)12-8-11(14)10-5-7-17-9-10/h5,7,9,11-12,14H,3-4,6,8H2,1-2H3. The minimum Gasteiger partial charge on any atom is -0.387 e. The topological polar surface area (TPSA) is 69.6 Å². The first-order valence-electron chi connectivity index (χ1n) is 5.88. The maximum Gasteiger partial charge on any atom is 0.279 e. The Hall–Kier alpha value is -0.470. The van der Waals surface area contributed by atoms with E-state index >= 15 is 0 Å². The number of aliphatic hydroxyl groups is 1. The van der Waals surface area contributed by atoms with Gasteiger partial charge in [-0.2, -0.15) is 28.8 Å². The number of thiophene rings is 1. The molecule has 0 aliphatic carbocycles. The van der Waals surface area contributed by atoms with Crippen LogP contribution in [0.1, 0.15) is 31.4 Å². The van der Waals surface area contributed by atoms with E-state index in [9.17, 15) is 13.5 Å². The molecular weight excluding hydrogens is 272 g/mol. The molecule has 1 heterocycles. The van der Waals surface area contributed by atoms with Crippen LogP contribution in [0.25, 0.3) is 0 Å². The normalized spacial score (nSPS) is 14.0. The van der Waals surface area contributed by atoms with Crippen LogP contribution in [0.5, 0.6) is 0 Å². The number of unbranched alkanes of at least 4 members (excludes halogenated alkanes) is 1. The van der Waals surface area contributed by atoms with Crippen molar-refractivity contribution < 1.29 is 13.5 Å². The highest BCUT2D eigenvalue weighted by molar-refractivity contribution is 7.87. The molecular formula is C11H20N2O3S2. The SMILES string of the molecule is CCCCN(C)S(=O)(=O)NCC(O)c1ccsc1. The summed E-state index contributed by atoms with van der Waals surface area (Å²) < 4.78 is 27.3. The Labute approximate surface area is 113 Å². The van der Waals surface area contributed by atoms with Gasteiger partial charge in [-0.15, -0.1) is 0 Å². The number of aliphatic hydroxyl groups excluding tert-OH is 1. The van der Waals surface area contributed by atoms with Crippen LogP contribution >= 0.6 is 11.3 Å². The van der Waals surface area contributed by atoms with Crippen molar-refractivity contribution in [2.24, 2.45) is 0 Å². The maximum absolute atomic E-state index is 11.8. The highest BCUT2D eigenvalue weighted by Gasteiger charge is 2.18. The largest absolute Gasteiger partial charge is 0.387 e. The number of hydrogen-bond acceptors (Lipinski definition) is 4. The van der Waals surface area contributed by atoms with E-state index in [4.69, 9.17) is 0 Å². The number of nitrogens with zero attached hydrogens (tertiary/aromatic N) is 1. The fraction of sp³-hybridized carbons (Fsp3) is 0.636. The fourth-order valence-electron chi connectivity index (χ4n) is 1.38. The molecule has 2 N–H and O–H groups in total. The lowest BCUT2D eigenvalue weighted by molar-refractivity contribution is 0.181. The van der Waals surface area contributed by atoms with Gasteiger partial charge in [-0.3, -0.25) is 0 Å². The molecule has 0 aliphatic rings. The molecule has 1 unspecified atom stereocenters. The third-order valence-corrected chi connectivity index (χ3v) is 4.86. The van der Waals surface area contributed by atoms with Gasteiger partial charge in [0, 0.05) is 20.1 Å². The molecule has 0 aromatic carbocycles. The molecule has 0 aliphatic heterocycles. The summed E-state index contributed by atoms with van der Waals surface area (Å²) in [5, 5.41) is 13.4. The van der Waals surface area contributed by atoms with Crippen molar-refractivity contribution in [2.75, 3.05) is 20.1 Å². The summed E-state index contributed by atoms with van der Waals surface area (Å²) in [4.78, 5) is 0. The Morgan fingerprint density at radius 2 is 2.28 bits per heavy atom. The van der Waals surface area contributed by atoms with E-state index in [1.165, 1.54) is 22.7 Å². The van der Waals surface area contributed by atoms with Crippen molar-refractivity contribution in [3.63, 3.8) is 0 Å². The monoisotopic (exact) mass is 292 g/mol. The van der Waals surface area contributed by atoms with Crippen molar-refractivity contribution in [1.29, 1.82) is 0 Å². The lowest BCUT2D eigenvalue weighted by atomic mass is 10.2. The first-order valence-corrected chi connectivity index (χ1v) is 8.26. The minimum absolute atomic E-state index is 0.00443. The highest BCUT2D eigenvalue weighted by atomic mass is 32.2. The predicted octanol–water partition coefficient (Wildman–Crippen LogP) is 1.35. The smallest absolute Gasteiger partial charge is 0.279 e. The van der Waals surface area contributed by atoms with Crippen LogP contribution in [-0.4, -0.2) is 38.0 Å². The number of nitrogens with one attached hydrogen (secondary N) is 1. The highest BCUT2D eigenvalue weighted by Crippen LogP contribution is 2.15. The van der Waals surface area contributed by atoms with Crippen LogP contribution in [0, 0.1) is 0 Å². The van der Waals surface area contributed by atoms with Gasteiger partial charge in [0.25, 0.3) is 10.2 Å². The van der Waals surface area contributed by atoms with Gasteiger partial charge in [-0.05, 0) is 28.8 Å². The molecule has 0 fully saturated rings. The Kier molecular flexibility index (Phi) is 6.24. The van der Waals surface area contributed by atoms with E-state index in [1.54, 1.807) is 11.4 Å². The number of hydrogen-bond donors (Lipinski definition) is 2. The van der Waals surface area contributed by atoms with E-state index < -0.39 is 16.3 Å². The van der Waals surface area contributed by atoms with E-state index in [0.29, 0.717) is 6.54 Å². The minimum atomic E-state index is -3.49. The van der Waals surface area contributed by atoms with Crippen molar-refractivity contribution in [3.8, 4) is 0 Å². The van der Waals surface area contributed by atoms with Crippen LogP contribution in [0.3, 0.4) is 0 Å². The van der Waals surface area contributed by atoms with Crippen LogP contribution < -0.4 is 4.72 Å². The average Bonchev–Trinajstić information content (AvgIpc) is 2.86. The summed E-state index contributed by atoms with van der Waals surface area (Å²) in [6.07, 6.45) is 0.965. The van der Waals surface area contributed by atoms with Gasteiger partial charge in [-0.25, -0.2) is 0 Å². The van der Waals surface area contributed by atoms with Crippen molar-refractivity contribution in [2.45, 2.75) is 25.9 Å². The molecule has 0 amide bonds. The Morgan fingerprint density at radius 3 is 2.83 bits per heavy atom.